The molecule has 5 aromatic rings. The fraction of sp³-hybridized carbons (Fsp3) is 0.0968. The first-order valence-electron chi connectivity index (χ1n) is 11.8. The van der Waals surface area contributed by atoms with E-state index in [-0.39, 0.29) is 12.2 Å². The third-order valence-electron chi connectivity index (χ3n) is 6.14. The van der Waals surface area contributed by atoms with Gasteiger partial charge < -0.3 is 9.67 Å². The number of hydrogen-bond donors (Lipinski definition) is 1. The number of aryl methyl sites for hydroxylation is 1. The number of allylic oxidation sites excluding steroid dienone is 1. The summed E-state index contributed by atoms with van der Waals surface area (Å²) < 4.78 is 3.03. The number of benzene rings is 3. The smallest absolute Gasteiger partial charge is 0.308 e. The van der Waals surface area contributed by atoms with E-state index in [0.717, 1.165) is 37.2 Å². The van der Waals surface area contributed by atoms with Gasteiger partial charge in [0.2, 0.25) is 5.78 Å². The maximum atomic E-state index is 13.0. The highest BCUT2D eigenvalue weighted by atomic mass is 32.1. The molecular formula is C31H25NO3S. The van der Waals surface area contributed by atoms with Gasteiger partial charge in [-0.05, 0) is 42.3 Å². The minimum absolute atomic E-state index is 0.000163. The van der Waals surface area contributed by atoms with E-state index >= 15 is 0 Å². The lowest BCUT2D eigenvalue weighted by Gasteiger charge is -2.07. The zero-order chi connectivity index (χ0) is 25.1. The van der Waals surface area contributed by atoms with Gasteiger partial charge in [0.15, 0.2) is 0 Å². The molecule has 0 saturated carbocycles. The van der Waals surface area contributed by atoms with Crippen molar-refractivity contribution < 1.29 is 14.7 Å². The first kappa shape index (κ1) is 23.5. The van der Waals surface area contributed by atoms with E-state index < -0.39 is 5.97 Å². The number of ketones is 1. The molecule has 1 N–H and O–H groups in total. The zero-order valence-electron chi connectivity index (χ0n) is 19.8. The lowest BCUT2D eigenvalue weighted by Crippen LogP contribution is -2.09. The SMILES string of the molecule is Cc1ccc(C(=O)c2cccn2C/C=C/c2cccc(-c3c(CC(=O)O)sc4ccccc34)c2)cc1. The Kier molecular flexibility index (Phi) is 6.65. The summed E-state index contributed by atoms with van der Waals surface area (Å²) >= 11 is 1.54. The van der Waals surface area contributed by atoms with Crippen molar-refractivity contribution in [1.82, 2.24) is 4.57 Å². The number of thiophene rings is 1. The topological polar surface area (TPSA) is 59.3 Å². The van der Waals surface area contributed by atoms with Gasteiger partial charge in [-0.25, -0.2) is 0 Å². The van der Waals surface area contributed by atoms with Gasteiger partial charge in [0.05, 0.1) is 12.1 Å². The van der Waals surface area contributed by atoms with Crippen LogP contribution in [0.3, 0.4) is 0 Å². The molecule has 0 aliphatic heterocycles. The molecule has 0 aliphatic rings. The minimum Gasteiger partial charge on any atom is -0.481 e. The van der Waals surface area contributed by atoms with Crippen LogP contribution in [-0.4, -0.2) is 21.4 Å². The monoisotopic (exact) mass is 491 g/mol. The van der Waals surface area contributed by atoms with Gasteiger partial charge in [-0.1, -0.05) is 78.4 Å². The number of carboxylic acids is 1. The van der Waals surface area contributed by atoms with E-state index in [9.17, 15) is 14.7 Å². The number of nitrogens with zero attached hydrogens (tertiary/aromatic N) is 1. The van der Waals surface area contributed by atoms with Crippen molar-refractivity contribution in [2.24, 2.45) is 0 Å². The number of hydrogen-bond acceptors (Lipinski definition) is 3. The number of aromatic nitrogens is 1. The standard InChI is InChI=1S/C31H25NO3S/c1-21-13-15-23(16-14-21)31(35)26-11-6-18-32(26)17-5-8-22-7-4-9-24(19-22)30-25-10-2-3-12-27(25)36-28(30)20-29(33)34/h2-16,18-19H,17,20H2,1H3,(H,33,34)/b8-5+. The molecule has 0 bridgehead atoms. The van der Waals surface area contributed by atoms with Crippen LogP contribution < -0.4 is 0 Å². The number of rotatable bonds is 8. The Morgan fingerprint density at radius 3 is 2.56 bits per heavy atom. The highest BCUT2D eigenvalue weighted by molar-refractivity contribution is 7.19. The Morgan fingerprint density at radius 1 is 0.944 bits per heavy atom. The van der Waals surface area contributed by atoms with Crippen molar-refractivity contribution in [2.45, 2.75) is 19.9 Å². The molecule has 0 atom stereocenters. The average Bonchev–Trinajstić information content (AvgIpc) is 3.48. The second-order valence-corrected chi connectivity index (χ2v) is 9.87. The summed E-state index contributed by atoms with van der Waals surface area (Å²) in [5.74, 6) is -0.827. The number of fused-ring (bicyclic) bond motifs is 1. The van der Waals surface area contributed by atoms with Gasteiger partial charge >= 0.3 is 5.97 Å². The molecule has 3 aromatic carbocycles. The lowest BCUT2D eigenvalue weighted by molar-refractivity contribution is -0.136. The van der Waals surface area contributed by atoms with Crippen LogP contribution in [-0.2, 0) is 17.8 Å². The summed E-state index contributed by atoms with van der Waals surface area (Å²) in [6.45, 7) is 2.57. The molecule has 0 saturated heterocycles. The summed E-state index contributed by atoms with van der Waals surface area (Å²) in [6, 6.07) is 27.6. The van der Waals surface area contributed by atoms with Gasteiger partial charge in [-0.3, -0.25) is 9.59 Å². The molecule has 2 heterocycles. The summed E-state index contributed by atoms with van der Waals surface area (Å²) in [6.07, 6.45) is 5.99. The quantitative estimate of drug-likeness (QED) is 0.233. The molecule has 0 fully saturated rings. The summed E-state index contributed by atoms with van der Waals surface area (Å²) in [5.41, 5.74) is 5.46. The molecule has 178 valence electrons. The third kappa shape index (κ3) is 4.92. The van der Waals surface area contributed by atoms with Crippen molar-refractivity contribution in [3.05, 3.63) is 124 Å². The zero-order valence-corrected chi connectivity index (χ0v) is 20.7. The first-order valence-corrected chi connectivity index (χ1v) is 12.6. The van der Waals surface area contributed by atoms with E-state index in [1.165, 1.54) is 11.3 Å². The second kappa shape index (κ2) is 10.2. The molecule has 0 amide bonds. The second-order valence-electron chi connectivity index (χ2n) is 8.74. The largest absolute Gasteiger partial charge is 0.481 e. The molecule has 5 heteroatoms. The highest BCUT2D eigenvalue weighted by Gasteiger charge is 2.16. The maximum Gasteiger partial charge on any atom is 0.308 e. The lowest BCUT2D eigenvalue weighted by atomic mass is 9.99. The summed E-state index contributed by atoms with van der Waals surface area (Å²) in [5, 5.41) is 10.5. The normalized spacial score (nSPS) is 11.4. The molecular weight excluding hydrogens is 466 g/mol. The predicted octanol–water partition coefficient (Wildman–Crippen LogP) is 7.25. The third-order valence-corrected chi connectivity index (χ3v) is 7.31. The van der Waals surface area contributed by atoms with Crippen LogP contribution >= 0.6 is 11.3 Å². The van der Waals surface area contributed by atoms with Crippen LogP contribution in [0.5, 0.6) is 0 Å². The minimum atomic E-state index is -0.832. The van der Waals surface area contributed by atoms with Crippen LogP contribution in [0.1, 0.15) is 32.1 Å². The van der Waals surface area contributed by atoms with Crippen LogP contribution in [0, 0.1) is 6.92 Å². The predicted molar refractivity (Wildman–Crippen MR) is 147 cm³/mol. The van der Waals surface area contributed by atoms with Crippen molar-refractivity contribution in [1.29, 1.82) is 0 Å². The molecule has 0 unspecified atom stereocenters. The molecule has 0 radical (unpaired) electrons. The van der Waals surface area contributed by atoms with E-state index in [0.29, 0.717) is 17.8 Å². The van der Waals surface area contributed by atoms with Crippen LogP contribution in [0.2, 0.25) is 0 Å². The number of carbonyl (C=O) groups excluding carboxylic acids is 1. The molecule has 4 nitrogen and oxygen atoms in total. The Hall–Kier alpha value is -4.22. The van der Waals surface area contributed by atoms with Crippen molar-refractivity contribution >= 4 is 39.3 Å². The Balaban J connectivity index is 1.39. The van der Waals surface area contributed by atoms with Crippen molar-refractivity contribution in [2.75, 3.05) is 0 Å². The molecule has 0 aliphatic carbocycles. The Bertz CT molecular complexity index is 1590. The Morgan fingerprint density at radius 2 is 1.75 bits per heavy atom. The van der Waals surface area contributed by atoms with E-state index in [4.69, 9.17) is 0 Å². The van der Waals surface area contributed by atoms with Crippen molar-refractivity contribution in [3.63, 3.8) is 0 Å². The summed E-state index contributed by atoms with van der Waals surface area (Å²) in [4.78, 5) is 25.3. The van der Waals surface area contributed by atoms with Crippen LogP contribution in [0.25, 0.3) is 27.3 Å². The molecule has 5 rings (SSSR count). The van der Waals surface area contributed by atoms with Crippen LogP contribution in [0.15, 0.2) is 97.2 Å². The fourth-order valence-corrected chi connectivity index (χ4v) is 5.62. The van der Waals surface area contributed by atoms with Gasteiger partial charge in [-0.15, -0.1) is 11.3 Å². The van der Waals surface area contributed by atoms with Gasteiger partial charge in [0, 0.05) is 38.8 Å². The van der Waals surface area contributed by atoms with E-state index in [1.807, 2.05) is 109 Å². The van der Waals surface area contributed by atoms with Crippen molar-refractivity contribution in [3.8, 4) is 11.1 Å². The molecule has 0 spiro atoms. The number of aliphatic carboxylic acids is 1. The van der Waals surface area contributed by atoms with E-state index in [2.05, 4.69) is 6.07 Å². The molecule has 36 heavy (non-hydrogen) atoms. The summed E-state index contributed by atoms with van der Waals surface area (Å²) in [7, 11) is 0. The first-order chi connectivity index (χ1) is 17.5. The molecule has 2 aromatic heterocycles. The Labute approximate surface area is 213 Å². The van der Waals surface area contributed by atoms with Gasteiger partial charge in [-0.2, -0.15) is 0 Å². The van der Waals surface area contributed by atoms with Gasteiger partial charge in [0.25, 0.3) is 0 Å². The highest BCUT2D eigenvalue weighted by Crippen LogP contribution is 2.39. The number of carbonyl (C=O) groups is 2. The number of carboxylic acid groups (broad SMARTS) is 1. The van der Waals surface area contributed by atoms with Gasteiger partial charge in [0.1, 0.15) is 0 Å². The van der Waals surface area contributed by atoms with E-state index in [1.54, 1.807) is 0 Å². The fourth-order valence-electron chi connectivity index (χ4n) is 4.41. The van der Waals surface area contributed by atoms with Crippen LogP contribution in [0.4, 0.5) is 0 Å². The maximum absolute atomic E-state index is 13.0. The average molecular weight is 492 g/mol.